The zero-order valence-electron chi connectivity index (χ0n) is 13.9. The highest BCUT2D eigenvalue weighted by atomic mass is 16.5. The Morgan fingerprint density at radius 1 is 1.08 bits per heavy atom. The van der Waals surface area contributed by atoms with Crippen molar-refractivity contribution in [3.8, 4) is 0 Å². The van der Waals surface area contributed by atoms with Gasteiger partial charge in [-0.15, -0.1) is 0 Å². The van der Waals surface area contributed by atoms with Crippen molar-refractivity contribution in [3.63, 3.8) is 0 Å². The maximum atomic E-state index is 12.2. The number of ether oxygens (including phenoxy) is 1. The predicted octanol–water partition coefficient (Wildman–Crippen LogP) is -1.27. The molecule has 0 radical (unpaired) electrons. The number of allylic oxidation sites excluding steroid dienone is 2. The number of amides is 4. The summed E-state index contributed by atoms with van der Waals surface area (Å²) in [5.41, 5.74) is 0. The Kier molecular flexibility index (Phi) is 6.26. The molecule has 1 heterocycles. The average Bonchev–Trinajstić information content (AvgIpc) is 2.84. The number of hydrogen-bond donors (Lipinski definition) is 2. The number of carbonyl (C=O) groups is 5. The van der Waals surface area contributed by atoms with Crippen molar-refractivity contribution >= 4 is 29.6 Å². The predicted molar refractivity (Wildman–Crippen MR) is 84.7 cm³/mol. The van der Waals surface area contributed by atoms with E-state index in [1.54, 1.807) is 6.92 Å². The second kappa shape index (κ2) is 8.41. The van der Waals surface area contributed by atoms with Gasteiger partial charge in [0.25, 0.3) is 5.91 Å². The standard InChI is InChI=1S/C16H21N3O6/c1-2-17-12(20)7-18-13(21)9-25-14(22)8-19-15(23)10-5-3-4-6-11(10)16(19)24/h3-4,10-11H,2,5-9H2,1H3,(H,17,20)(H,18,21)/t10-,11-/m0/s1. The van der Waals surface area contributed by atoms with E-state index in [9.17, 15) is 24.0 Å². The third-order valence-corrected chi connectivity index (χ3v) is 4.07. The van der Waals surface area contributed by atoms with Gasteiger partial charge in [-0.25, -0.2) is 0 Å². The van der Waals surface area contributed by atoms with Gasteiger partial charge in [-0.1, -0.05) is 12.2 Å². The lowest BCUT2D eigenvalue weighted by atomic mass is 9.85. The van der Waals surface area contributed by atoms with Crippen LogP contribution in [0.25, 0.3) is 0 Å². The van der Waals surface area contributed by atoms with E-state index in [-0.39, 0.29) is 24.3 Å². The minimum absolute atomic E-state index is 0.219. The highest BCUT2D eigenvalue weighted by Crippen LogP contribution is 2.34. The van der Waals surface area contributed by atoms with Crippen LogP contribution in [0.3, 0.4) is 0 Å². The first-order chi connectivity index (χ1) is 11.9. The monoisotopic (exact) mass is 351 g/mol. The van der Waals surface area contributed by atoms with Gasteiger partial charge in [-0.2, -0.15) is 0 Å². The van der Waals surface area contributed by atoms with Crippen molar-refractivity contribution in [2.75, 3.05) is 26.2 Å². The number of likely N-dealkylation sites (tertiary alicyclic amines) is 1. The SMILES string of the molecule is CCNC(=O)CNC(=O)COC(=O)CN1C(=O)[C@H]2CC=CC[C@@H]2C1=O. The summed E-state index contributed by atoms with van der Waals surface area (Å²) in [6.07, 6.45) is 4.69. The number of nitrogens with one attached hydrogen (secondary N) is 2. The molecule has 1 aliphatic carbocycles. The van der Waals surface area contributed by atoms with Gasteiger partial charge in [0.1, 0.15) is 6.54 Å². The second-order valence-corrected chi connectivity index (χ2v) is 5.81. The first-order valence-electron chi connectivity index (χ1n) is 8.13. The Labute approximate surface area is 144 Å². The first kappa shape index (κ1) is 18.6. The van der Waals surface area contributed by atoms with Crippen molar-refractivity contribution in [2.45, 2.75) is 19.8 Å². The van der Waals surface area contributed by atoms with E-state index in [1.165, 1.54) is 0 Å². The molecule has 2 atom stereocenters. The quantitative estimate of drug-likeness (QED) is 0.335. The summed E-state index contributed by atoms with van der Waals surface area (Å²) in [6, 6.07) is 0. The van der Waals surface area contributed by atoms with Crippen LogP contribution in [0.4, 0.5) is 0 Å². The molecule has 1 saturated heterocycles. The van der Waals surface area contributed by atoms with Crippen LogP contribution in [0.15, 0.2) is 12.2 Å². The first-order valence-corrected chi connectivity index (χ1v) is 8.13. The highest BCUT2D eigenvalue weighted by molar-refractivity contribution is 6.07. The van der Waals surface area contributed by atoms with Crippen LogP contribution in [0.5, 0.6) is 0 Å². The summed E-state index contributed by atoms with van der Waals surface area (Å²) in [5, 5.41) is 4.79. The normalized spacial score (nSPS) is 21.7. The zero-order chi connectivity index (χ0) is 18.4. The summed E-state index contributed by atoms with van der Waals surface area (Å²) in [7, 11) is 0. The van der Waals surface area contributed by atoms with Crippen molar-refractivity contribution in [1.29, 1.82) is 0 Å². The summed E-state index contributed by atoms with van der Waals surface area (Å²) in [4.78, 5) is 59.8. The van der Waals surface area contributed by atoms with Crippen LogP contribution < -0.4 is 10.6 Å². The third kappa shape index (κ3) is 4.65. The fourth-order valence-corrected chi connectivity index (χ4v) is 2.84. The van der Waals surface area contributed by atoms with Gasteiger partial charge in [0.15, 0.2) is 6.61 Å². The van der Waals surface area contributed by atoms with Crippen molar-refractivity contribution in [2.24, 2.45) is 11.8 Å². The van der Waals surface area contributed by atoms with E-state index < -0.39 is 36.9 Å². The maximum absolute atomic E-state index is 12.2. The summed E-state index contributed by atoms with van der Waals surface area (Å²) >= 11 is 0. The van der Waals surface area contributed by atoms with Gasteiger partial charge in [0.2, 0.25) is 17.7 Å². The van der Waals surface area contributed by atoms with Crippen LogP contribution in [-0.2, 0) is 28.7 Å². The lowest BCUT2D eigenvalue weighted by Crippen LogP contribution is -2.40. The molecule has 0 spiro atoms. The highest BCUT2D eigenvalue weighted by Gasteiger charge is 2.47. The molecule has 0 unspecified atom stereocenters. The molecule has 9 heteroatoms. The van der Waals surface area contributed by atoms with Crippen molar-refractivity contribution in [3.05, 3.63) is 12.2 Å². The van der Waals surface area contributed by atoms with Gasteiger partial charge < -0.3 is 15.4 Å². The van der Waals surface area contributed by atoms with Gasteiger partial charge in [0, 0.05) is 6.54 Å². The molecule has 0 bridgehead atoms. The van der Waals surface area contributed by atoms with E-state index in [2.05, 4.69) is 10.6 Å². The molecular formula is C16H21N3O6. The number of esters is 1. The van der Waals surface area contributed by atoms with Crippen LogP contribution in [0, 0.1) is 11.8 Å². The van der Waals surface area contributed by atoms with Crippen LogP contribution in [0.2, 0.25) is 0 Å². The largest absolute Gasteiger partial charge is 0.454 e. The van der Waals surface area contributed by atoms with E-state index >= 15 is 0 Å². The molecule has 136 valence electrons. The van der Waals surface area contributed by atoms with E-state index in [0.717, 1.165) is 4.90 Å². The van der Waals surface area contributed by atoms with Crippen molar-refractivity contribution < 1.29 is 28.7 Å². The minimum Gasteiger partial charge on any atom is -0.454 e. The molecule has 1 fully saturated rings. The second-order valence-electron chi connectivity index (χ2n) is 5.81. The van der Waals surface area contributed by atoms with Gasteiger partial charge in [0.05, 0.1) is 18.4 Å². The van der Waals surface area contributed by atoms with Crippen LogP contribution in [0.1, 0.15) is 19.8 Å². The molecule has 0 saturated carbocycles. The Bertz CT molecular complexity index is 589. The number of likely N-dealkylation sites (N-methyl/N-ethyl adjacent to an activating group) is 1. The Morgan fingerprint density at radius 2 is 1.68 bits per heavy atom. The van der Waals surface area contributed by atoms with Gasteiger partial charge in [-0.05, 0) is 19.8 Å². The van der Waals surface area contributed by atoms with Crippen molar-refractivity contribution in [1.82, 2.24) is 15.5 Å². The molecule has 25 heavy (non-hydrogen) atoms. The maximum Gasteiger partial charge on any atom is 0.326 e. The van der Waals surface area contributed by atoms with Crippen LogP contribution in [-0.4, -0.2) is 60.7 Å². The molecular weight excluding hydrogens is 330 g/mol. The van der Waals surface area contributed by atoms with E-state index in [1.807, 2.05) is 12.2 Å². The summed E-state index contributed by atoms with van der Waals surface area (Å²) in [5.74, 6) is -3.42. The molecule has 1 aliphatic heterocycles. The molecule has 2 N–H and O–H groups in total. The Hall–Kier alpha value is -2.71. The Balaban J connectivity index is 1.75. The molecule has 0 aromatic rings. The summed E-state index contributed by atoms with van der Waals surface area (Å²) < 4.78 is 4.76. The van der Waals surface area contributed by atoms with E-state index in [0.29, 0.717) is 19.4 Å². The zero-order valence-corrected chi connectivity index (χ0v) is 13.9. The van der Waals surface area contributed by atoms with Crippen LogP contribution >= 0.6 is 0 Å². The number of imide groups is 1. The molecule has 4 amide bonds. The lowest BCUT2D eigenvalue weighted by Gasteiger charge is -2.14. The fraction of sp³-hybridized carbons (Fsp3) is 0.562. The smallest absolute Gasteiger partial charge is 0.326 e. The summed E-state index contributed by atoms with van der Waals surface area (Å²) in [6.45, 7) is 0.883. The fourth-order valence-electron chi connectivity index (χ4n) is 2.84. The molecule has 2 aliphatic rings. The number of hydrogen-bond acceptors (Lipinski definition) is 6. The van der Waals surface area contributed by atoms with Gasteiger partial charge in [-0.3, -0.25) is 28.9 Å². The lowest BCUT2D eigenvalue weighted by molar-refractivity contribution is -0.155. The van der Waals surface area contributed by atoms with Gasteiger partial charge >= 0.3 is 5.97 Å². The molecule has 0 aromatic heterocycles. The molecule has 9 nitrogen and oxygen atoms in total. The number of carbonyl (C=O) groups excluding carboxylic acids is 5. The Morgan fingerprint density at radius 3 is 2.24 bits per heavy atom. The number of fused-ring (bicyclic) bond motifs is 1. The topological polar surface area (TPSA) is 122 Å². The third-order valence-electron chi connectivity index (χ3n) is 4.07. The number of nitrogens with zero attached hydrogens (tertiary/aromatic N) is 1. The van der Waals surface area contributed by atoms with E-state index in [4.69, 9.17) is 4.74 Å². The molecule has 2 rings (SSSR count). The minimum atomic E-state index is -0.846. The average molecular weight is 351 g/mol. The molecule has 0 aromatic carbocycles. The number of rotatable bonds is 7.